The van der Waals surface area contributed by atoms with Crippen LogP contribution in [0.15, 0.2) is 18.2 Å². The van der Waals surface area contributed by atoms with Gasteiger partial charge in [-0.15, -0.1) is 0 Å². The molecule has 1 amide bonds. The summed E-state index contributed by atoms with van der Waals surface area (Å²) in [5, 5.41) is 9.24. The molecule has 0 aromatic heterocycles. The van der Waals surface area contributed by atoms with Gasteiger partial charge in [0.05, 0.1) is 12.1 Å². The summed E-state index contributed by atoms with van der Waals surface area (Å²) in [6, 6.07) is 3.97. The van der Waals surface area contributed by atoms with Crippen molar-refractivity contribution in [2.75, 3.05) is 26.2 Å². The van der Waals surface area contributed by atoms with Gasteiger partial charge in [0.1, 0.15) is 5.82 Å². The molecule has 1 fully saturated rings. The third-order valence-electron chi connectivity index (χ3n) is 3.60. The molecule has 1 unspecified atom stereocenters. The van der Waals surface area contributed by atoms with E-state index in [1.807, 2.05) is 0 Å². The molecule has 1 saturated heterocycles. The molecule has 1 heterocycles. The topological polar surface area (TPSA) is 66.6 Å². The first-order valence-corrected chi connectivity index (χ1v) is 7.04. The van der Waals surface area contributed by atoms with Crippen LogP contribution in [0.1, 0.15) is 28.8 Å². The fourth-order valence-electron chi connectivity index (χ4n) is 2.52. The Morgan fingerprint density at radius 1 is 1.52 bits per heavy atom. The van der Waals surface area contributed by atoms with E-state index < -0.39 is 5.82 Å². The van der Waals surface area contributed by atoms with E-state index in [1.54, 1.807) is 4.90 Å². The third kappa shape index (κ3) is 3.81. The summed E-state index contributed by atoms with van der Waals surface area (Å²) in [4.78, 5) is 14.3. The van der Waals surface area contributed by atoms with Crippen LogP contribution in [0.2, 0.25) is 0 Å². The van der Waals surface area contributed by atoms with Crippen LogP contribution in [0.3, 0.4) is 0 Å². The lowest BCUT2D eigenvalue weighted by Gasteiger charge is -2.32. The number of likely N-dealkylation sites (tertiary alicyclic amines) is 1. The van der Waals surface area contributed by atoms with Crippen LogP contribution < -0.4 is 5.73 Å². The summed E-state index contributed by atoms with van der Waals surface area (Å²) < 4.78 is 13.3. The number of hydrogen-bond donors (Lipinski definition) is 2. The van der Waals surface area contributed by atoms with Crippen molar-refractivity contribution < 1.29 is 14.3 Å². The first-order valence-electron chi connectivity index (χ1n) is 7.04. The van der Waals surface area contributed by atoms with E-state index in [1.165, 1.54) is 18.2 Å². The number of piperidine rings is 1. The minimum absolute atomic E-state index is 0.0764. The van der Waals surface area contributed by atoms with Crippen LogP contribution >= 0.6 is 0 Å². The summed E-state index contributed by atoms with van der Waals surface area (Å²) in [5.74, 6) is 4.91. The maximum absolute atomic E-state index is 13.3. The molecule has 0 saturated carbocycles. The molecule has 0 bridgehead atoms. The monoisotopic (exact) mass is 290 g/mol. The molecule has 0 spiro atoms. The van der Waals surface area contributed by atoms with Crippen molar-refractivity contribution in [3.05, 3.63) is 35.1 Å². The second-order valence-electron chi connectivity index (χ2n) is 5.14. The number of nitrogens with zero attached hydrogens (tertiary/aromatic N) is 1. The molecule has 1 aliphatic heterocycles. The maximum atomic E-state index is 13.3. The van der Waals surface area contributed by atoms with Crippen LogP contribution in [0.25, 0.3) is 0 Å². The van der Waals surface area contributed by atoms with Gasteiger partial charge in [0.25, 0.3) is 5.91 Å². The summed E-state index contributed by atoms with van der Waals surface area (Å²) in [7, 11) is 0. The van der Waals surface area contributed by atoms with Crippen molar-refractivity contribution >= 4 is 5.91 Å². The molecule has 0 aliphatic carbocycles. The largest absolute Gasteiger partial charge is 0.396 e. The molecule has 5 heteroatoms. The van der Waals surface area contributed by atoms with E-state index in [-0.39, 0.29) is 25.0 Å². The van der Waals surface area contributed by atoms with E-state index in [2.05, 4.69) is 11.8 Å². The van der Waals surface area contributed by atoms with Gasteiger partial charge in [0.2, 0.25) is 0 Å². The maximum Gasteiger partial charge on any atom is 0.255 e. The Hall–Kier alpha value is -1.90. The standard InChI is InChI=1S/C16H19FN2O2/c17-14-5-6-15(13(9-14)4-1-7-18)16(21)19-8-2-3-12(10-19)11-20/h5-6,9,12,20H,2-3,7-8,10-11,18H2. The van der Waals surface area contributed by atoms with Gasteiger partial charge in [-0.3, -0.25) is 4.79 Å². The number of aliphatic hydroxyl groups excluding tert-OH is 1. The average molecular weight is 290 g/mol. The van der Waals surface area contributed by atoms with Crippen molar-refractivity contribution in [1.29, 1.82) is 0 Å². The summed E-state index contributed by atoms with van der Waals surface area (Å²) in [6.07, 6.45) is 1.78. The first kappa shape index (κ1) is 15.5. The van der Waals surface area contributed by atoms with Gasteiger partial charge >= 0.3 is 0 Å². The van der Waals surface area contributed by atoms with Gasteiger partial charge in [0, 0.05) is 25.3 Å². The number of nitrogens with two attached hydrogens (primary N) is 1. The zero-order valence-corrected chi connectivity index (χ0v) is 11.8. The number of rotatable bonds is 2. The third-order valence-corrected chi connectivity index (χ3v) is 3.60. The zero-order chi connectivity index (χ0) is 15.2. The highest BCUT2D eigenvalue weighted by Crippen LogP contribution is 2.20. The quantitative estimate of drug-likeness (QED) is 0.798. The highest BCUT2D eigenvalue weighted by atomic mass is 19.1. The first-order chi connectivity index (χ1) is 10.2. The predicted octanol–water partition coefficient (Wildman–Crippen LogP) is 0.980. The Morgan fingerprint density at radius 3 is 3.05 bits per heavy atom. The Kier molecular flexibility index (Phi) is 5.32. The normalized spacial score (nSPS) is 18.0. The van der Waals surface area contributed by atoms with E-state index in [9.17, 15) is 14.3 Å². The van der Waals surface area contributed by atoms with E-state index in [0.29, 0.717) is 24.2 Å². The van der Waals surface area contributed by atoms with Gasteiger partial charge in [-0.1, -0.05) is 11.8 Å². The highest BCUT2D eigenvalue weighted by molar-refractivity contribution is 5.96. The number of amides is 1. The molecule has 4 nitrogen and oxygen atoms in total. The second-order valence-corrected chi connectivity index (χ2v) is 5.14. The predicted molar refractivity (Wildman–Crippen MR) is 78.0 cm³/mol. The zero-order valence-electron chi connectivity index (χ0n) is 11.8. The highest BCUT2D eigenvalue weighted by Gasteiger charge is 2.25. The number of benzene rings is 1. The van der Waals surface area contributed by atoms with Gasteiger partial charge < -0.3 is 15.7 Å². The molecule has 21 heavy (non-hydrogen) atoms. The van der Waals surface area contributed by atoms with Crippen molar-refractivity contribution in [3.63, 3.8) is 0 Å². The van der Waals surface area contributed by atoms with Crippen LogP contribution in [0.5, 0.6) is 0 Å². The Morgan fingerprint density at radius 2 is 2.33 bits per heavy atom. The van der Waals surface area contributed by atoms with Gasteiger partial charge in [-0.2, -0.15) is 0 Å². The molecule has 1 atom stereocenters. The molecule has 1 aromatic rings. The molecule has 1 aliphatic rings. The van der Waals surface area contributed by atoms with Crippen LogP contribution in [-0.4, -0.2) is 42.2 Å². The minimum Gasteiger partial charge on any atom is -0.396 e. The van der Waals surface area contributed by atoms with Gasteiger partial charge in [0.15, 0.2) is 0 Å². The number of hydrogen-bond acceptors (Lipinski definition) is 3. The number of carbonyl (C=O) groups is 1. The molecule has 112 valence electrons. The summed E-state index contributed by atoms with van der Waals surface area (Å²) >= 11 is 0. The number of carbonyl (C=O) groups excluding carboxylic acids is 1. The SMILES string of the molecule is NCC#Cc1cc(F)ccc1C(=O)N1CCCC(CO)C1. The molecule has 0 radical (unpaired) electrons. The fraction of sp³-hybridized carbons (Fsp3) is 0.438. The second kappa shape index (κ2) is 7.21. The summed E-state index contributed by atoms with van der Waals surface area (Å²) in [5.41, 5.74) is 6.07. The van der Waals surface area contributed by atoms with Crippen LogP contribution in [-0.2, 0) is 0 Å². The van der Waals surface area contributed by atoms with E-state index >= 15 is 0 Å². The van der Waals surface area contributed by atoms with E-state index in [0.717, 1.165) is 12.8 Å². The molecule has 1 aromatic carbocycles. The molecular weight excluding hydrogens is 271 g/mol. The van der Waals surface area contributed by atoms with Crippen molar-refractivity contribution in [2.45, 2.75) is 12.8 Å². The molecule has 2 rings (SSSR count). The lowest BCUT2D eigenvalue weighted by atomic mass is 9.97. The minimum atomic E-state index is -0.431. The number of halogens is 1. The molecule has 3 N–H and O–H groups in total. The smallest absolute Gasteiger partial charge is 0.255 e. The Bertz CT molecular complexity index is 577. The summed E-state index contributed by atoms with van der Waals surface area (Å²) in [6.45, 7) is 1.40. The van der Waals surface area contributed by atoms with E-state index in [4.69, 9.17) is 5.73 Å². The van der Waals surface area contributed by atoms with Gasteiger partial charge in [-0.05, 0) is 37.0 Å². The van der Waals surface area contributed by atoms with Gasteiger partial charge in [-0.25, -0.2) is 4.39 Å². The van der Waals surface area contributed by atoms with Crippen LogP contribution in [0, 0.1) is 23.6 Å². The van der Waals surface area contributed by atoms with Crippen molar-refractivity contribution in [2.24, 2.45) is 11.7 Å². The van der Waals surface area contributed by atoms with Crippen molar-refractivity contribution in [3.8, 4) is 11.8 Å². The number of aliphatic hydroxyl groups is 1. The van der Waals surface area contributed by atoms with Crippen LogP contribution in [0.4, 0.5) is 4.39 Å². The lowest BCUT2D eigenvalue weighted by molar-refractivity contribution is 0.0620. The molecular formula is C16H19FN2O2. The average Bonchev–Trinajstić information content (AvgIpc) is 2.52. The fourth-order valence-corrected chi connectivity index (χ4v) is 2.52. The Balaban J connectivity index is 2.26. The lowest BCUT2D eigenvalue weighted by Crippen LogP contribution is -2.41. The van der Waals surface area contributed by atoms with Crippen molar-refractivity contribution in [1.82, 2.24) is 4.90 Å². The Labute approximate surface area is 123 Å².